The number of benzene rings is 1. The number of hydrogen-bond acceptors (Lipinski definition) is 6. The van der Waals surface area contributed by atoms with Crippen LogP contribution in [0.15, 0.2) is 60.1 Å². The largest absolute Gasteiger partial charge is 0.497 e. The van der Waals surface area contributed by atoms with E-state index < -0.39 is 0 Å². The maximum Gasteiger partial charge on any atom is 0.142 e. The van der Waals surface area contributed by atoms with Gasteiger partial charge in [-0.2, -0.15) is 0 Å². The second-order valence-electron chi connectivity index (χ2n) is 8.01. The summed E-state index contributed by atoms with van der Waals surface area (Å²) in [6.45, 7) is 7.68. The smallest absolute Gasteiger partial charge is 0.142 e. The molecule has 6 nitrogen and oxygen atoms in total. The summed E-state index contributed by atoms with van der Waals surface area (Å²) < 4.78 is 10.8. The van der Waals surface area contributed by atoms with Crippen LogP contribution in [0, 0.1) is 0 Å². The van der Waals surface area contributed by atoms with Crippen molar-refractivity contribution in [3.63, 3.8) is 0 Å². The van der Waals surface area contributed by atoms with Gasteiger partial charge in [0.2, 0.25) is 0 Å². The van der Waals surface area contributed by atoms with Gasteiger partial charge < -0.3 is 14.4 Å². The molecule has 30 heavy (non-hydrogen) atoms. The van der Waals surface area contributed by atoms with Gasteiger partial charge in [-0.25, -0.2) is 5.01 Å². The second-order valence-corrected chi connectivity index (χ2v) is 8.01. The lowest BCUT2D eigenvalue weighted by molar-refractivity contribution is 0.0887. The van der Waals surface area contributed by atoms with Gasteiger partial charge >= 0.3 is 0 Å². The molecule has 1 aromatic carbocycles. The van der Waals surface area contributed by atoms with Crippen LogP contribution in [0.25, 0.3) is 0 Å². The standard InChI is InChI=1S/C24H34N4O2/c1-29-22-11-15-28-21(20-22)10-14-27(28)13-7-3-6-12-25-16-18-26(19-17-25)23-8-4-5-9-24(23)30-2/h4-5,8-11,15,20H,3,6-7,12-14,16-19H2,1-2H3. The second kappa shape index (κ2) is 10.0. The molecular weight excluding hydrogens is 376 g/mol. The Morgan fingerprint density at radius 3 is 2.50 bits per heavy atom. The van der Waals surface area contributed by atoms with Crippen molar-refractivity contribution in [1.82, 2.24) is 14.9 Å². The van der Waals surface area contributed by atoms with Crippen molar-refractivity contribution >= 4 is 5.69 Å². The van der Waals surface area contributed by atoms with Crippen molar-refractivity contribution in [2.24, 2.45) is 0 Å². The molecule has 0 spiro atoms. The maximum atomic E-state index is 5.52. The van der Waals surface area contributed by atoms with Crippen LogP contribution in [0.1, 0.15) is 19.3 Å². The van der Waals surface area contributed by atoms with Gasteiger partial charge in [0.05, 0.1) is 25.6 Å². The van der Waals surface area contributed by atoms with E-state index in [0.717, 1.165) is 50.8 Å². The highest BCUT2D eigenvalue weighted by atomic mass is 16.5. The maximum absolute atomic E-state index is 5.52. The van der Waals surface area contributed by atoms with Crippen LogP contribution in [-0.4, -0.2) is 75.0 Å². The lowest BCUT2D eigenvalue weighted by Crippen LogP contribution is -2.46. The van der Waals surface area contributed by atoms with E-state index in [2.05, 4.69) is 50.3 Å². The summed E-state index contributed by atoms with van der Waals surface area (Å²) in [6.07, 6.45) is 12.3. The Labute approximate surface area is 180 Å². The monoisotopic (exact) mass is 410 g/mol. The lowest BCUT2D eigenvalue weighted by Gasteiger charge is -2.36. The summed E-state index contributed by atoms with van der Waals surface area (Å²) in [4.78, 5) is 5.05. The van der Waals surface area contributed by atoms with E-state index in [-0.39, 0.29) is 0 Å². The number of anilines is 1. The van der Waals surface area contributed by atoms with E-state index in [0.29, 0.717) is 0 Å². The van der Waals surface area contributed by atoms with Gasteiger partial charge in [-0.15, -0.1) is 0 Å². The topological polar surface area (TPSA) is 31.4 Å². The lowest BCUT2D eigenvalue weighted by atomic mass is 10.2. The molecule has 1 fully saturated rings. The van der Waals surface area contributed by atoms with E-state index in [4.69, 9.17) is 9.47 Å². The van der Waals surface area contributed by atoms with Crippen LogP contribution < -0.4 is 9.64 Å². The van der Waals surface area contributed by atoms with E-state index in [1.807, 2.05) is 18.2 Å². The van der Waals surface area contributed by atoms with E-state index in [1.165, 1.54) is 37.2 Å². The molecule has 0 unspecified atom stereocenters. The van der Waals surface area contributed by atoms with Gasteiger partial charge in [0.1, 0.15) is 11.5 Å². The molecule has 0 bridgehead atoms. The first kappa shape index (κ1) is 20.8. The van der Waals surface area contributed by atoms with Gasteiger partial charge in [0.25, 0.3) is 0 Å². The van der Waals surface area contributed by atoms with Gasteiger partial charge in [-0.1, -0.05) is 18.6 Å². The van der Waals surface area contributed by atoms with E-state index in [1.54, 1.807) is 14.2 Å². The number of para-hydroxylation sites is 2. The van der Waals surface area contributed by atoms with Crippen LogP contribution in [-0.2, 0) is 4.74 Å². The van der Waals surface area contributed by atoms with Crippen LogP contribution in [0.2, 0.25) is 0 Å². The molecule has 0 aromatic heterocycles. The molecule has 0 aliphatic carbocycles. The number of unbranched alkanes of at least 4 members (excludes halogenated alkanes) is 2. The number of hydrazine groups is 1. The molecule has 3 heterocycles. The summed E-state index contributed by atoms with van der Waals surface area (Å²) in [5.41, 5.74) is 2.44. The molecule has 0 radical (unpaired) electrons. The number of piperazine rings is 1. The summed E-state index contributed by atoms with van der Waals surface area (Å²) in [5, 5.41) is 4.65. The minimum absolute atomic E-state index is 0.921. The highest BCUT2D eigenvalue weighted by molar-refractivity contribution is 5.58. The third-order valence-electron chi connectivity index (χ3n) is 6.18. The minimum Gasteiger partial charge on any atom is -0.497 e. The fraction of sp³-hybridized carbons (Fsp3) is 0.500. The molecule has 3 aliphatic heterocycles. The third kappa shape index (κ3) is 4.82. The highest BCUT2D eigenvalue weighted by Gasteiger charge is 2.23. The van der Waals surface area contributed by atoms with Crippen LogP contribution in [0.4, 0.5) is 5.69 Å². The predicted molar refractivity (Wildman–Crippen MR) is 121 cm³/mol. The summed E-state index contributed by atoms with van der Waals surface area (Å²) >= 11 is 0. The number of ether oxygens (including phenoxy) is 2. The Morgan fingerprint density at radius 2 is 1.70 bits per heavy atom. The minimum atomic E-state index is 0.921. The fourth-order valence-corrected chi connectivity index (χ4v) is 4.42. The van der Waals surface area contributed by atoms with Crippen molar-refractivity contribution in [1.29, 1.82) is 0 Å². The van der Waals surface area contributed by atoms with Crippen molar-refractivity contribution in [3.8, 4) is 5.75 Å². The Morgan fingerprint density at radius 1 is 0.900 bits per heavy atom. The summed E-state index contributed by atoms with van der Waals surface area (Å²) in [5.74, 6) is 1.90. The summed E-state index contributed by atoms with van der Waals surface area (Å²) in [7, 11) is 3.47. The Hall–Kier alpha value is -2.44. The van der Waals surface area contributed by atoms with Crippen LogP contribution in [0.5, 0.6) is 5.75 Å². The Balaban J connectivity index is 1.12. The average molecular weight is 411 g/mol. The molecule has 0 atom stereocenters. The number of hydrogen-bond donors (Lipinski definition) is 0. The predicted octanol–water partition coefficient (Wildman–Crippen LogP) is 3.46. The zero-order valence-corrected chi connectivity index (χ0v) is 18.3. The van der Waals surface area contributed by atoms with Gasteiger partial charge in [0.15, 0.2) is 0 Å². The first-order valence-electron chi connectivity index (χ1n) is 11.1. The molecule has 0 N–H and O–H groups in total. The fourth-order valence-electron chi connectivity index (χ4n) is 4.42. The van der Waals surface area contributed by atoms with Crippen molar-refractivity contribution in [3.05, 3.63) is 60.1 Å². The molecule has 0 amide bonds. The highest BCUT2D eigenvalue weighted by Crippen LogP contribution is 2.28. The van der Waals surface area contributed by atoms with Crippen molar-refractivity contribution in [2.75, 3.05) is 64.9 Å². The van der Waals surface area contributed by atoms with Crippen LogP contribution in [0.3, 0.4) is 0 Å². The SMILES string of the molecule is COC1=CC2=CCN(CCCCCN3CCN(c4ccccc4OC)CC3)N2C=C1. The number of fused-ring (bicyclic) bond motifs is 1. The third-order valence-corrected chi connectivity index (χ3v) is 6.18. The van der Waals surface area contributed by atoms with Gasteiger partial charge in [-0.05, 0) is 43.7 Å². The molecule has 1 saturated heterocycles. The van der Waals surface area contributed by atoms with Gasteiger partial charge in [0, 0.05) is 51.5 Å². The summed E-state index contributed by atoms with van der Waals surface area (Å²) in [6, 6.07) is 8.34. The number of allylic oxidation sites excluding steroid dienone is 2. The molecular formula is C24H34N4O2. The average Bonchev–Trinajstić information content (AvgIpc) is 3.21. The van der Waals surface area contributed by atoms with E-state index in [9.17, 15) is 0 Å². The molecule has 0 saturated carbocycles. The molecule has 162 valence electrons. The Kier molecular flexibility index (Phi) is 6.97. The molecule has 6 heteroatoms. The normalized spacial score (nSPS) is 19.5. The number of methoxy groups -OCH3 is 2. The van der Waals surface area contributed by atoms with Crippen molar-refractivity contribution < 1.29 is 9.47 Å². The Bertz CT molecular complexity index is 796. The van der Waals surface area contributed by atoms with Gasteiger partial charge in [-0.3, -0.25) is 9.91 Å². The first-order chi connectivity index (χ1) is 14.8. The number of rotatable bonds is 9. The van der Waals surface area contributed by atoms with Crippen LogP contribution >= 0.6 is 0 Å². The first-order valence-corrected chi connectivity index (χ1v) is 11.1. The van der Waals surface area contributed by atoms with E-state index >= 15 is 0 Å². The molecule has 4 rings (SSSR count). The quantitative estimate of drug-likeness (QED) is 0.580. The number of nitrogens with zero attached hydrogens (tertiary/aromatic N) is 4. The van der Waals surface area contributed by atoms with Crippen molar-refractivity contribution in [2.45, 2.75) is 19.3 Å². The molecule has 3 aliphatic rings. The zero-order chi connectivity index (χ0) is 20.8. The molecule has 1 aromatic rings. The zero-order valence-electron chi connectivity index (χ0n) is 18.3.